The van der Waals surface area contributed by atoms with Gasteiger partial charge >= 0.3 is 0 Å². The second kappa shape index (κ2) is 8.49. The molecule has 1 heterocycles. The molecule has 5 nitrogen and oxygen atoms in total. The van der Waals surface area contributed by atoms with Crippen LogP contribution in [-0.4, -0.2) is 24.9 Å². The Morgan fingerprint density at radius 2 is 1.96 bits per heavy atom. The van der Waals surface area contributed by atoms with Gasteiger partial charge in [0.2, 0.25) is 0 Å². The molecular weight excluding hydrogens is 345 g/mol. The van der Waals surface area contributed by atoms with Crippen LogP contribution in [-0.2, 0) is 16.0 Å². The molecule has 0 bridgehead atoms. The van der Waals surface area contributed by atoms with Crippen molar-refractivity contribution in [2.45, 2.75) is 19.8 Å². The molecule has 2 N–H and O–H groups in total. The summed E-state index contributed by atoms with van der Waals surface area (Å²) in [5, 5.41) is 0. The lowest BCUT2D eigenvalue weighted by atomic mass is 10.0. The van der Waals surface area contributed by atoms with Gasteiger partial charge in [0, 0.05) is 18.3 Å². The van der Waals surface area contributed by atoms with Crippen LogP contribution in [0.15, 0.2) is 54.6 Å². The van der Waals surface area contributed by atoms with Gasteiger partial charge in [-0.1, -0.05) is 30.3 Å². The zero-order valence-electron chi connectivity index (χ0n) is 15.2. The highest BCUT2D eigenvalue weighted by molar-refractivity contribution is 5.96. The summed E-state index contributed by atoms with van der Waals surface area (Å²) in [6.45, 7) is 2.68. The lowest BCUT2D eigenvalue weighted by molar-refractivity contribution is -0.125. The maximum atomic E-state index is 13.3. The van der Waals surface area contributed by atoms with Crippen molar-refractivity contribution in [1.82, 2.24) is 10.9 Å². The molecule has 0 saturated heterocycles. The molecule has 140 valence electrons. The van der Waals surface area contributed by atoms with Crippen molar-refractivity contribution in [1.29, 1.82) is 0 Å². The highest BCUT2D eigenvalue weighted by atomic mass is 19.1. The predicted octanol–water partition coefficient (Wildman–Crippen LogP) is 2.83. The lowest BCUT2D eigenvalue weighted by Gasteiger charge is -2.30. The van der Waals surface area contributed by atoms with Gasteiger partial charge in [-0.3, -0.25) is 20.4 Å². The molecule has 6 heteroatoms. The number of halogens is 1. The zero-order chi connectivity index (χ0) is 19.2. The van der Waals surface area contributed by atoms with Crippen LogP contribution < -0.4 is 15.8 Å². The van der Waals surface area contributed by atoms with Gasteiger partial charge < -0.3 is 4.90 Å². The van der Waals surface area contributed by atoms with E-state index in [4.69, 9.17) is 0 Å². The molecule has 3 rings (SSSR count). The minimum Gasteiger partial charge on any atom is -0.362 e. The molecule has 0 atom stereocenters. The van der Waals surface area contributed by atoms with Crippen LogP contribution in [0.1, 0.15) is 24.5 Å². The zero-order valence-corrected chi connectivity index (χ0v) is 15.2. The molecule has 0 saturated carbocycles. The number of hydrazine groups is 1. The van der Waals surface area contributed by atoms with Crippen molar-refractivity contribution in [2.24, 2.45) is 0 Å². The van der Waals surface area contributed by atoms with Gasteiger partial charge in [-0.25, -0.2) is 4.39 Å². The quantitative estimate of drug-likeness (QED) is 0.645. The highest BCUT2D eigenvalue weighted by Crippen LogP contribution is 2.26. The maximum absolute atomic E-state index is 13.3. The minimum atomic E-state index is -0.468. The molecule has 27 heavy (non-hydrogen) atoms. The number of hydrogen-bond acceptors (Lipinski definition) is 3. The Hall–Kier alpha value is -3.15. The number of rotatable bonds is 4. The van der Waals surface area contributed by atoms with Crippen molar-refractivity contribution in [2.75, 3.05) is 18.0 Å². The number of benzene rings is 2. The average Bonchev–Trinajstić information content (AvgIpc) is 2.67. The third-order valence-corrected chi connectivity index (χ3v) is 4.49. The largest absolute Gasteiger partial charge is 0.362 e. The number of nitrogens with one attached hydrogen (secondary N) is 2. The first-order chi connectivity index (χ1) is 13.0. The number of aryl methyl sites for hydroxylation is 1. The normalized spacial score (nSPS) is 13.7. The minimum absolute atomic E-state index is 0.171. The molecule has 2 aromatic carbocycles. The summed E-state index contributed by atoms with van der Waals surface area (Å²) >= 11 is 0. The Morgan fingerprint density at radius 1 is 1.15 bits per heavy atom. The van der Waals surface area contributed by atoms with Gasteiger partial charge in [0.25, 0.3) is 11.8 Å². The van der Waals surface area contributed by atoms with E-state index in [0.717, 1.165) is 25.1 Å². The number of hydrogen-bond donors (Lipinski definition) is 2. The number of fused-ring (bicyclic) bond motifs is 1. The van der Waals surface area contributed by atoms with Crippen LogP contribution >= 0.6 is 0 Å². The smallest absolute Gasteiger partial charge is 0.262 e. The fourth-order valence-electron chi connectivity index (χ4n) is 3.17. The molecule has 1 aliphatic heterocycles. The lowest BCUT2D eigenvalue weighted by Crippen LogP contribution is -2.47. The predicted molar refractivity (Wildman–Crippen MR) is 103 cm³/mol. The Balaban J connectivity index is 1.54. The van der Waals surface area contributed by atoms with Crippen molar-refractivity contribution in [3.8, 4) is 0 Å². The summed E-state index contributed by atoms with van der Waals surface area (Å²) in [5.74, 6) is -1.13. The summed E-state index contributed by atoms with van der Waals surface area (Å²) in [5.41, 5.74) is 8.31. The molecule has 1 aliphatic rings. The third kappa shape index (κ3) is 4.94. The molecule has 0 unspecified atom stereocenters. The van der Waals surface area contributed by atoms with E-state index < -0.39 is 5.91 Å². The monoisotopic (exact) mass is 367 g/mol. The van der Waals surface area contributed by atoms with E-state index in [0.29, 0.717) is 11.1 Å². The van der Waals surface area contributed by atoms with E-state index in [1.165, 1.54) is 23.8 Å². The number of carbonyl (C=O) groups excluding carboxylic acids is 2. The van der Waals surface area contributed by atoms with Gasteiger partial charge in [-0.05, 0) is 54.7 Å². The fourth-order valence-corrected chi connectivity index (χ4v) is 3.17. The van der Waals surface area contributed by atoms with Crippen molar-refractivity contribution in [3.05, 3.63) is 71.6 Å². The first-order valence-corrected chi connectivity index (χ1v) is 8.89. The van der Waals surface area contributed by atoms with Crippen LogP contribution in [0, 0.1) is 5.82 Å². The molecule has 0 aliphatic carbocycles. The molecule has 2 amide bonds. The third-order valence-electron chi connectivity index (χ3n) is 4.49. The van der Waals surface area contributed by atoms with E-state index >= 15 is 0 Å². The van der Waals surface area contributed by atoms with E-state index in [-0.39, 0.29) is 18.3 Å². The summed E-state index contributed by atoms with van der Waals surface area (Å²) in [6.07, 6.45) is 3.33. The Labute approximate surface area is 157 Å². The maximum Gasteiger partial charge on any atom is 0.262 e. The summed E-state index contributed by atoms with van der Waals surface area (Å²) < 4.78 is 13.3. The van der Waals surface area contributed by atoms with E-state index in [1.807, 2.05) is 23.1 Å². The number of para-hydroxylation sites is 1. The molecule has 0 radical (unpaired) electrons. The summed E-state index contributed by atoms with van der Waals surface area (Å²) in [4.78, 5) is 26.2. The van der Waals surface area contributed by atoms with Crippen LogP contribution in [0.5, 0.6) is 0 Å². The van der Waals surface area contributed by atoms with Crippen LogP contribution in [0.2, 0.25) is 0 Å². The van der Waals surface area contributed by atoms with Gasteiger partial charge in [0.05, 0.1) is 6.54 Å². The summed E-state index contributed by atoms with van der Waals surface area (Å²) in [6, 6.07) is 14.0. The Kier molecular flexibility index (Phi) is 5.86. The van der Waals surface area contributed by atoms with E-state index in [1.54, 1.807) is 19.1 Å². The van der Waals surface area contributed by atoms with Gasteiger partial charge in [-0.2, -0.15) is 0 Å². The molecule has 2 aromatic rings. The van der Waals surface area contributed by atoms with Crippen molar-refractivity contribution >= 4 is 23.1 Å². The standard InChI is InChI=1S/C21H22FN3O2/c1-15(17-7-4-9-18(22)13-17)12-20(26)23-24-21(27)14-25-11-5-8-16-6-2-3-10-19(16)25/h2-4,6-7,9-10,12-13H,5,8,11,14H2,1H3,(H,23,26)(H,24,27)/b15-12-. The summed E-state index contributed by atoms with van der Waals surface area (Å²) in [7, 11) is 0. The highest BCUT2D eigenvalue weighted by Gasteiger charge is 2.18. The number of carbonyl (C=O) groups is 2. The molecule has 0 fully saturated rings. The van der Waals surface area contributed by atoms with Crippen molar-refractivity contribution < 1.29 is 14.0 Å². The molecular formula is C21H22FN3O2. The second-order valence-electron chi connectivity index (χ2n) is 6.53. The van der Waals surface area contributed by atoms with E-state index in [2.05, 4.69) is 16.9 Å². The van der Waals surface area contributed by atoms with Gasteiger partial charge in [0.1, 0.15) is 5.82 Å². The SMILES string of the molecule is C/C(=C/C(=O)NNC(=O)CN1CCCc2ccccc21)c1cccc(F)c1. The average molecular weight is 367 g/mol. The molecule has 0 aromatic heterocycles. The number of allylic oxidation sites excluding steroid dienone is 1. The van der Waals surface area contributed by atoms with Crippen LogP contribution in [0.3, 0.4) is 0 Å². The van der Waals surface area contributed by atoms with Crippen LogP contribution in [0.25, 0.3) is 5.57 Å². The fraction of sp³-hybridized carbons (Fsp3) is 0.238. The molecule has 0 spiro atoms. The Morgan fingerprint density at radius 3 is 2.78 bits per heavy atom. The topological polar surface area (TPSA) is 61.4 Å². The second-order valence-corrected chi connectivity index (χ2v) is 6.53. The number of anilines is 1. The first kappa shape index (κ1) is 18.6. The van der Waals surface area contributed by atoms with E-state index in [9.17, 15) is 14.0 Å². The number of amides is 2. The number of nitrogens with zero attached hydrogens (tertiary/aromatic N) is 1. The Bertz CT molecular complexity index is 879. The van der Waals surface area contributed by atoms with Gasteiger partial charge in [0.15, 0.2) is 0 Å². The van der Waals surface area contributed by atoms with Gasteiger partial charge in [-0.15, -0.1) is 0 Å². The van der Waals surface area contributed by atoms with Crippen molar-refractivity contribution in [3.63, 3.8) is 0 Å². The van der Waals surface area contributed by atoms with Crippen LogP contribution in [0.4, 0.5) is 10.1 Å². The first-order valence-electron chi connectivity index (χ1n) is 8.89.